The van der Waals surface area contributed by atoms with Crippen LogP contribution in [0.1, 0.15) is 49.4 Å². The van der Waals surface area contributed by atoms with Gasteiger partial charge in [0.1, 0.15) is 6.10 Å². The van der Waals surface area contributed by atoms with Crippen molar-refractivity contribution in [2.75, 3.05) is 6.61 Å². The lowest BCUT2D eigenvalue weighted by Gasteiger charge is -2.29. The van der Waals surface area contributed by atoms with Crippen molar-refractivity contribution in [1.29, 1.82) is 0 Å². The van der Waals surface area contributed by atoms with Gasteiger partial charge < -0.3 is 4.74 Å². The summed E-state index contributed by atoms with van der Waals surface area (Å²) in [4.78, 5) is 12.7. The third-order valence-electron chi connectivity index (χ3n) is 3.89. The van der Waals surface area contributed by atoms with Crippen LogP contribution in [0.15, 0.2) is 18.2 Å². The first-order chi connectivity index (χ1) is 9.63. The second-order valence-corrected chi connectivity index (χ2v) is 6.08. The van der Waals surface area contributed by atoms with E-state index in [1.165, 1.54) is 19.3 Å². The Balaban J connectivity index is 2.18. The maximum atomic E-state index is 12.7. The Morgan fingerprint density at radius 2 is 1.95 bits per heavy atom. The van der Waals surface area contributed by atoms with Gasteiger partial charge in [0, 0.05) is 12.2 Å². The number of Topliss-reactive ketones (excluding diaryl/α,β-unsaturated/α-hetero) is 1. The zero-order chi connectivity index (χ0) is 14.5. The summed E-state index contributed by atoms with van der Waals surface area (Å²) in [6.45, 7) is 2.48. The highest BCUT2D eigenvalue weighted by Crippen LogP contribution is 2.31. The molecule has 1 unspecified atom stereocenters. The van der Waals surface area contributed by atoms with E-state index in [2.05, 4.69) is 0 Å². The van der Waals surface area contributed by atoms with Crippen molar-refractivity contribution in [3.8, 4) is 0 Å². The van der Waals surface area contributed by atoms with E-state index in [-0.39, 0.29) is 11.9 Å². The zero-order valence-electron chi connectivity index (χ0n) is 11.7. The third-order valence-corrected chi connectivity index (χ3v) is 4.63. The van der Waals surface area contributed by atoms with E-state index in [1.807, 2.05) is 6.92 Å². The predicted molar refractivity (Wildman–Crippen MR) is 82.8 cm³/mol. The fourth-order valence-electron chi connectivity index (χ4n) is 2.86. The van der Waals surface area contributed by atoms with Gasteiger partial charge in [-0.25, -0.2) is 0 Å². The van der Waals surface area contributed by atoms with Gasteiger partial charge in [-0.3, -0.25) is 4.79 Å². The van der Waals surface area contributed by atoms with Gasteiger partial charge in [-0.05, 0) is 43.9 Å². The molecule has 0 saturated heterocycles. The number of hydrogen-bond acceptors (Lipinski definition) is 2. The van der Waals surface area contributed by atoms with Gasteiger partial charge in [0.25, 0.3) is 0 Å². The molecule has 1 atom stereocenters. The molecule has 1 aliphatic rings. The number of benzene rings is 1. The van der Waals surface area contributed by atoms with E-state index < -0.39 is 0 Å². The Kier molecular flexibility index (Phi) is 5.88. The number of rotatable bonds is 5. The molecule has 1 aliphatic carbocycles. The predicted octanol–water partition coefficient (Wildman–Crippen LogP) is 5.16. The molecule has 0 spiro atoms. The zero-order valence-corrected chi connectivity index (χ0v) is 13.2. The Hall–Kier alpha value is -0.570. The molecule has 0 heterocycles. The quantitative estimate of drug-likeness (QED) is 0.701. The summed E-state index contributed by atoms with van der Waals surface area (Å²) >= 11 is 11.9. The molecule has 1 aromatic rings. The molecular formula is C16H20Cl2O2. The number of carbonyl (C=O) groups is 1. The number of ketones is 1. The number of hydrogen-bond donors (Lipinski definition) is 0. The fraction of sp³-hybridized carbons (Fsp3) is 0.562. The van der Waals surface area contributed by atoms with Crippen LogP contribution in [-0.2, 0) is 4.74 Å². The summed E-state index contributed by atoms with van der Waals surface area (Å²) in [6.07, 6.45) is 5.41. The summed E-state index contributed by atoms with van der Waals surface area (Å²) in [5.74, 6) is 0.350. The Labute approximate surface area is 130 Å². The lowest BCUT2D eigenvalue weighted by atomic mass is 9.82. The minimum absolute atomic E-state index is 0.0253. The molecule has 4 heteroatoms. The standard InChI is InChI=1S/C16H20Cl2O2/c1-2-20-16(11-6-4-3-5-7-11)15(19)12-8-9-13(17)14(18)10-12/h8-11,16H,2-7H2,1H3. The van der Waals surface area contributed by atoms with E-state index >= 15 is 0 Å². The molecule has 20 heavy (non-hydrogen) atoms. The van der Waals surface area contributed by atoms with Gasteiger partial charge in [-0.1, -0.05) is 42.5 Å². The maximum Gasteiger partial charge on any atom is 0.191 e. The number of ether oxygens (including phenoxy) is 1. The van der Waals surface area contributed by atoms with Crippen LogP contribution in [0.4, 0.5) is 0 Å². The lowest BCUT2D eigenvalue weighted by molar-refractivity contribution is 0.0127. The van der Waals surface area contributed by atoms with E-state index in [0.29, 0.717) is 28.1 Å². The van der Waals surface area contributed by atoms with Crippen molar-refractivity contribution in [3.63, 3.8) is 0 Å². The summed E-state index contributed by atoms with van der Waals surface area (Å²) in [5.41, 5.74) is 0.587. The lowest BCUT2D eigenvalue weighted by Crippen LogP contribution is -2.34. The van der Waals surface area contributed by atoms with Crippen molar-refractivity contribution in [3.05, 3.63) is 33.8 Å². The molecule has 1 fully saturated rings. The van der Waals surface area contributed by atoms with Crippen LogP contribution in [0.25, 0.3) is 0 Å². The second kappa shape index (κ2) is 7.44. The van der Waals surface area contributed by atoms with Crippen LogP contribution in [0.3, 0.4) is 0 Å². The molecule has 2 rings (SSSR count). The topological polar surface area (TPSA) is 26.3 Å². The smallest absolute Gasteiger partial charge is 0.191 e. The second-order valence-electron chi connectivity index (χ2n) is 5.27. The van der Waals surface area contributed by atoms with Gasteiger partial charge in [0.15, 0.2) is 5.78 Å². The van der Waals surface area contributed by atoms with Gasteiger partial charge in [0.05, 0.1) is 10.0 Å². The van der Waals surface area contributed by atoms with Crippen molar-refractivity contribution in [1.82, 2.24) is 0 Å². The Morgan fingerprint density at radius 3 is 2.55 bits per heavy atom. The highest BCUT2D eigenvalue weighted by atomic mass is 35.5. The van der Waals surface area contributed by atoms with Gasteiger partial charge >= 0.3 is 0 Å². The molecule has 0 N–H and O–H groups in total. The minimum atomic E-state index is -0.349. The average Bonchev–Trinajstić information content (AvgIpc) is 2.48. The Morgan fingerprint density at radius 1 is 1.25 bits per heavy atom. The van der Waals surface area contributed by atoms with Crippen molar-refractivity contribution < 1.29 is 9.53 Å². The largest absolute Gasteiger partial charge is 0.370 e. The van der Waals surface area contributed by atoms with Gasteiger partial charge in [-0.2, -0.15) is 0 Å². The highest BCUT2D eigenvalue weighted by Gasteiger charge is 2.30. The first-order valence-corrected chi connectivity index (χ1v) is 8.00. The van der Waals surface area contributed by atoms with Crippen molar-refractivity contribution >= 4 is 29.0 Å². The molecule has 0 amide bonds. The molecular weight excluding hydrogens is 295 g/mol. The van der Waals surface area contributed by atoms with Crippen LogP contribution in [-0.4, -0.2) is 18.5 Å². The maximum absolute atomic E-state index is 12.7. The summed E-state index contributed by atoms with van der Waals surface area (Å²) in [7, 11) is 0. The number of halogens is 2. The first kappa shape index (κ1) is 15.8. The summed E-state index contributed by atoms with van der Waals surface area (Å²) < 4.78 is 5.74. The molecule has 0 aromatic heterocycles. The SMILES string of the molecule is CCOC(C(=O)c1ccc(Cl)c(Cl)c1)C1CCCCC1. The third kappa shape index (κ3) is 3.75. The van der Waals surface area contributed by atoms with Crippen LogP contribution >= 0.6 is 23.2 Å². The first-order valence-electron chi connectivity index (χ1n) is 7.24. The summed E-state index contributed by atoms with van der Waals surface area (Å²) in [6, 6.07) is 5.04. The van der Waals surface area contributed by atoms with E-state index in [4.69, 9.17) is 27.9 Å². The van der Waals surface area contributed by atoms with Crippen molar-refractivity contribution in [2.24, 2.45) is 5.92 Å². The van der Waals surface area contributed by atoms with E-state index in [1.54, 1.807) is 18.2 Å². The molecule has 2 nitrogen and oxygen atoms in total. The number of carbonyl (C=O) groups excluding carboxylic acids is 1. The van der Waals surface area contributed by atoms with Crippen molar-refractivity contribution in [2.45, 2.75) is 45.1 Å². The highest BCUT2D eigenvalue weighted by molar-refractivity contribution is 6.42. The molecule has 0 bridgehead atoms. The molecule has 110 valence electrons. The van der Waals surface area contributed by atoms with E-state index in [9.17, 15) is 4.79 Å². The summed E-state index contributed by atoms with van der Waals surface area (Å²) in [5, 5.41) is 0.880. The average molecular weight is 315 g/mol. The van der Waals surface area contributed by atoms with Crippen LogP contribution in [0, 0.1) is 5.92 Å². The van der Waals surface area contributed by atoms with Crippen LogP contribution in [0.2, 0.25) is 10.0 Å². The molecule has 1 saturated carbocycles. The fourth-order valence-corrected chi connectivity index (χ4v) is 3.15. The van der Waals surface area contributed by atoms with Gasteiger partial charge in [-0.15, -0.1) is 0 Å². The molecule has 0 radical (unpaired) electrons. The van der Waals surface area contributed by atoms with E-state index in [0.717, 1.165) is 12.8 Å². The van der Waals surface area contributed by atoms with Crippen LogP contribution < -0.4 is 0 Å². The molecule has 1 aromatic carbocycles. The Bertz CT molecular complexity index is 468. The van der Waals surface area contributed by atoms with Gasteiger partial charge in [0.2, 0.25) is 0 Å². The normalized spacial score (nSPS) is 17.9. The van der Waals surface area contributed by atoms with Crippen LogP contribution in [0.5, 0.6) is 0 Å². The monoisotopic (exact) mass is 314 g/mol. The minimum Gasteiger partial charge on any atom is -0.370 e. The molecule has 0 aliphatic heterocycles.